The molecule has 0 radical (unpaired) electrons. The van der Waals surface area contributed by atoms with E-state index in [9.17, 15) is 4.79 Å². The van der Waals surface area contributed by atoms with Crippen molar-refractivity contribution < 1.29 is 9.53 Å². The normalized spacial score (nSPS) is 10.2. The average molecular weight is 203 g/mol. The first-order valence-electron chi connectivity index (χ1n) is 4.59. The molecule has 0 amide bonds. The molecule has 3 heteroatoms. The maximum atomic E-state index is 11.0. The molecule has 0 aliphatic heterocycles. The van der Waals surface area contributed by atoms with Gasteiger partial charge in [0.05, 0.1) is 5.76 Å². The molecule has 1 aromatic carbocycles. The van der Waals surface area contributed by atoms with Gasteiger partial charge in [-0.2, -0.15) is 0 Å². The molecule has 0 saturated heterocycles. The second-order valence-electron chi connectivity index (χ2n) is 3.06. The highest BCUT2D eigenvalue weighted by Crippen LogP contribution is 1.95. The second kappa shape index (κ2) is 5.75. The van der Waals surface area contributed by atoms with Crippen molar-refractivity contribution in [2.45, 2.75) is 6.92 Å². The predicted octanol–water partition coefficient (Wildman–Crippen LogP) is 2.18. The highest BCUT2D eigenvalue weighted by molar-refractivity contribution is 5.82. The lowest BCUT2D eigenvalue weighted by Gasteiger charge is -1.98. The van der Waals surface area contributed by atoms with Crippen molar-refractivity contribution in [2.75, 3.05) is 6.54 Å². The fourth-order valence-corrected chi connectivity index (χ4v) is 0.991. The molecule has 0 heterocycles. The van der Waals surface area contributed by atoms with E-state index >= 15 is 0 Å². The third-order valence-corrected chi connectivity index (χ3v) is 1.55. The molecular weight excluding hydrogens is 190 g/mol. The molecular formula is C12H13NO2. The van der Waals surface area contributed by atoms with Gasteiger partial charge in [-0.25, -0.2) is 4.79 Å². The third kappa shape index (κ3) is 4.76. The Morgan fingerprint density at radius 1 is 1.47 bits per heavy atom. The van der Waals surface area contributed by atoms with Crippen LogP contribution >= 0.6 is 0 Å². The lowest BCUT2D eigenvalue weighted by atomic mass is 10.2. The molecule has 1 rings (SSSR count). The highest BCUT2D eigenvalue weighted by atomic mass is 16.5. The topological polar surface area (TPSA) is 38.7 Å². The average Bonchev–Trinajstić information content (AvgIpc) is 2.18. The minimum absolute atomic E-state index is 0.0156. The minimum atomic E-state index is -0.394. The van der Waals surface area contributed by atoms with Gasteiger partial charge in [-0.15, -0.1) is 0 Å². The van der Waals surface area contributed by atoms with Crippen LogP contribution in [0.1, 0.15) is 12.5 Å². The first kappa shape index (κ1) is 11.2. The number of carbonyl (C=O) groups excluding carboxylic acids is 1. The Bertz CT molecular complexity index is 368. The van der Waals surface area contributed by atoms with E-state index < -0.39 is 5.97 Å². The lowest BCUT2D eigenvalue weighted by molar-refractivity contribution is -0.137. The Labute approximate surface area is 89.1 Å². The van der Waals surface area contributed by atoms with Crippen LogP contribution in [0, 0.1) is 0 Å². The molecule has 0 aromatic heterocycles. The Balaban J connectivity index is 2.40. The van der Waals surface area contributed by atoms with E-state index in [1.54, 1.807) is 13.1 Å². The molecule has 0 bridgehead atoms. The van der Waals surface area contributed by atoms with Crippen LogP contribution in [-0.2, 0) is 9.53 Å². The molecule has 15 heavy (non-hydrogen) atoms. The molecule has 0 N–H and O–H groups in total. The highest BCUT2D eigenvalue weighted by Gasteiger charge is 1.99. The van der Waals surface area contributed by atoms with Gasteiger partial charge in [-0.05, 0) is 12.5 Å². The summed E-state index contributed by atoms with van der Waals surface area (Å²) in [6, 6.07) is 9.56. The summed E-state index contributed by atoms with van der Waals surface area (Å²) >= 11 is 0. The SMILES string of the molecule is C=C(C)OC(=O)CN=Cc1ccccc1. The number of esters is 1. The zero-order valence-electron chi connectivity index (χ0n) is 8.64. The minimum Gasteiger partial charge on any atom is -0.431 e. The van der Waals surface area contributed by atoms with E-state index in [1.165, 1.54) is 0 Å². The molecule has 0 atom stereocenters. The predicted molar refractivity (Wildman–Crippen MR) is 59.8 cm³/mol. The number of ether oxygens (including phenoxy) is 1. The molecule has 0 aliphatic carbocycles. The Hall–Kier alpha value is -1.90. The maximum Gasteiger partial charge on any atom is 0.332 e. The summed E-state index contributed by atoms with van der Waals surface area (Å²) < 4.78 is 4.74. The number of rotatable bonds is 4. The van der Waals surface area contributed by atoms with Gasteiger partial charge >= 0.3 is 5.97 Å². The lowest BCUT2D eigenvalue weighted by Crippen LogP contribution is -2.06. The zero-order valence-corrected chi connectivity index (χ0v) is 8.64. The van der Waals surface area contributed by atoms with Gasteiger partial charge in [0.1, 0.15) is 6.54 Å². The summed E-state index contributed by atoms with van der Waals surface area (Å²) in [4.78, 5) is 15.0. The van der Waals surface area contributed by atoms with Gasteiger partial charge in [-0.3, -0.25) is 4.99 Å². The van der Waals surface area contributed by atoms with Crippen molar-refractivity contribution in [3.63, 3.8) is 0 Å². The fourth-order valence-electron chi connectivity index (χ4n) is 0.991. The smallest absolute Gasteiger partial charge is 0.332 e. The van der Waals surface area contributed by atoms with E-state index in [0.717, 1.165) is 5.56 Å². The maximum absolute atomic E-state index is 11.0. The Morgan fingerprint density at radius 2 is 2.13 bits per heavy atom. The van der Waals surface area contributed by atoms with E-state index in [-0.39, 0.29) is 6.54 Å². The van der Waals surface area contributed by atoms with Crippen molar-refractivity contribution >= 4 is 12.2 Å². The quantitative estimate of drug-likeness (QED) is 0.427. The van der Waals surface area contributed by atoms with Crippen LogP contribution in [-0.4, -0.2) is 18.7 Å². The summed E-state index contributed by atoms with van der Waals surface area (Å²) in [6.45, 7) is 5.11. The van der Waals surface area contributed by atoms with Crippen LogP contribution in [0.3, 0.4) is 0 Å². The number of aliphatic imine (C=N–C) groups is 1. The van der Waals surface area contributed by atoms with Gasteiger partial charge in [0.2, 0.25) is 0 Å². The zero-order chi connectivity index (χ0) is 11.1. The first-order chi connectivity index (χ1) is 7.18. The van der Waals surface area contributed by atoms with Crippen LogP contribution in [0.25, 0.3) is 0 Å². The van der Waals surface area contributed by atoms with E-state index in [1.807, 2.05) is 30.3 Å². The second-order valence-corrected chi connectivity index (χ2v) is 3.06. The fraction of sp³-hybridized carbons (Fsp3) is 0.167. The van der Waals surface area contributed by atoms with Crippen molar-refractivity contribution in [3.05, 3.63) is 48.2 Å². The van der Waals surface area contributed by atoms with Crippen molar-refractivity contribution in [2.24, 2.45) is 4.99 Å². The van der Waals surface area contributed by atoms with Gasteiger partial charge < -0.3 is 4.74 Å². The third-order valence-electron chi connectivity index (χ3n) is 1.55. The molecule has 0 aliphatic rings. The van der Waals surface area contributed by atoms with Gasteiger partial charge in [0.25, 0.3) is 0 Å². The number of hydrogen-bond acceptors (Lipinski definition) is 3. The summed E-state index contributed by atoms with van der Waals surface area (Å²) in [5.41, 5.74) is 0.959. The summed E-state index contributed by atoms with van der Waals surface area (Å²) in [7, 11) is 0. The van der Waals surface area contributed by atoms with E-state index in [4.69, 9.17) is 4.74 Å². The number of benzene rings is 1. The van der Waals surface area contributed by atoms with Crippen molar-refractivity contribution in [3.8, 4) is 0 Å². The van der Waals surface area contributed by atoms with E-state index in [2.05, 4.69) is 11.6 Å². The largest absolute Gasteiger partial charge is 0.431 e. The van der Waals surface area contributed by atoms with Crippen LogP contribution in [0.2, 0.25) is 0 Å². The van der Waals surface area contributed by atoms with Crippen LogP contribution < -0.4 is 0 Å². The Kier molecular flexibility index (Phi) is 4.29. The molecule has 0 fully saturated rings. The van der Waals surface area contributed by atoms with Crippen LogP contribution in [0.15, 0.2) is 47.7 Å². The number of allylic oxidation sites excluding steroid dienone is 1. The van der Waals surface area contributed by atoms with Gasteiger partial charge in [0, 0.05) is 6.21 Å². The van der Waals surface area contributed by atoms with E-state index in [0.29, 0.717) is 5.76 Å². The summed E-state index contributed by atoms with van der Waals surface area (Å²) in [6.07, 6.45) is 1.64. The molecule has 1 aromatic rings. The molecule has 78 valence electrons. The molecule has 0 spiro atoms. The van der Waals surface area contributed by atoms with Crippen molar-refractivity contribution in [1.82, 2.24) is 0 Å². The number of carbonyl (C=O) groups is 1. The molecule has 0 saturated carbocycles. The number of hydrogen-bond donors (Lipinski definition) is 0. The Morgan fingerprint density at radius 3 is 2.73 bits per heavy atom. The number of nitrogens with zero attached hydrogens (tertiary/aromatic N) is 1. The standard InChI is InChI=1S/C12H13NO2/c1-10(2)15-12(14)9-13-8-11-6-4-3-5-7-11/h3-8H,1,9H2,2H3. The van der Waals surface area contributed by atoms with Crippen molar-refractivity contribution in [1.29, 1.82) is 0 Å². The molecule has 0 unspecified atom stereocenters. The van der Waals surface area contributed by atoms with Gasteiger partial charge in [-0.1, -0.05) is 36.9 Å². The monoisotopic (exact) mass is 203 g/mol. The summed E-state index contributed by atoms with van der Waals surface area (Å²) in [5.74, 6) is -0.00964. The van der Waals surface area contributed by atoms with Crippen LogP contribution in [0.5, 0.6) is 0 Å². The molecule has 3 nitrogen and oxygen atoms in total. The summed E-state index contributed by atoms with van der Waals surface area (Å²) in [5, 5.41) is 0. The first-order valence-corrected chi connectivity index (χ1v) is 4.59. The van der Waals surface area contributed by atoms with Gasteiger partial charge in [0.15, 0.2) is 0 Å². The van der Waals surface area contributed by atoms with Crippen LogP contribution in [0.4, 0.5) is 0 Å².